The van der Waals surface area contributed by atoms with Crippen molar-refractivity contribution in [2.24, 2.45) is 0 Å². The molecule has 2 heterocycles. The van der Waals surface area contributed by atoms with Crippen molar-refractivity contribution in [2.45, 2.75) is 30.7 Å². The third kappa shape index (κ3) is 2.94. The van der Waals surface area contributed by atoms with Crippen LogP contribution in [0.15, 0.2) is 65.7 Å². The molecule has 0 unspecified atom stereocenters. The Hall–Kier alpha value is -2.24. The van der Waals surface area contributed by atoms with Crippen LogP contribution < -0.4 is 0 Å². The van der Waals surface area contributed by atoms with Gasteiger partial charge in [-0.2, -0.15) is 4.31 Å². The van der Waals surface area contributed by atoms with Crippen LogP contribution in [-0.2, 0) is 10.0 Å². The van der Waals surface area contributed by atoms with Crippen LogP contribution in [0.4, 0.5) is 0 Å². The van der Waals surface area contributed by atoms with Gasteiger partial charge in [-0.05, 0) is 55.7 Å². The number of hydrogen-bond donors (Lipinski definition) is 0. The molecule has 1 aromatic heterocycles. The van der Waals surface area contributed by atoms with Gasteiger partial charge in [-0.25, -0.2) is 8.42 Å². The molecule has 0 bridgehead atoms. The van der Waals surface area contributed by atoms with E-state index in [0.29, 0.717) is 11.4 Å². The van der Waals surface area contributed by atoms with E-state index in [1.165, 1.54) is 0 Å². The molecular formula is C20H20N2O2S. The summed E-state index contributed by atoms with van der Waals surface area (Å²) in [7, 11) is -3.49. The van der Waals surface area contributed by atoms with E-state index in [-0.39, 0.29) is 6.04 Å². The van der Waals surface area contributed by atoms with Crippen molar-refractivity contribution < 1.29 is 8.42 Å². The van der Waals surface area contributed by atoms with Crippen LogP contribution in [0.5, 0.6) is 0 Å². The van der Waals surface area contributed by atoms with Crippen molar-refractivity contribution >= 4 is 20.9 Å². The number of sulfonamides is 1. The van der Waals surface area contributed by atoms with Gasteiger partial charge in [-0.15, -0.1) is 0 Å². The van der Waals surface area contributed by atoms with Crippen molar-refractivity contribution in [3.8, 4) is 0 Å². The molecule has 0 saturated carbocycles. The van der Waals surface area contributed by atoms with Gasteiger partial charge in [0.2, 0.25) is 10.0 Å². The molecule has 1 fully saturated rings. The van der Waals surface area contributed by atoms with Crippen LogP contribution in [-0.4, -0.2) is 24.3 Å². The van der Waals surface area contributed by atoms with E-state index >= 15 is 0 Å². The van der Waals surface area contributed by atoms with Gasteiger partial charge in [0.05, 0.1) is 16.5 Å². The Balaban J connectivity index is 1.73. The number of nitrogens with zero attached hydrogens (tertiary/aromatic N) is 2. The molecular weight excluding hydrogens is 332 g/mol. The molecule has 0 amide bonds. The first kappa shape index (κ1) is 16.2. The molecule has 3 aromatic rings. The van der Waals surface area contributed by atoms with Gasteiger partial charge in [-0.3, -0.25) is 4.98 Å². The molecule has 0 spiro atoms. The number of rotatable bonds is 3. The van der Waals surface area contributed by atoms with E-state index in [0.717, 1.165) is 34.9 Å². The van der Waals surface area contributed by atoms with Crippen LogP contribution in [0.1, 0.15) is 30.0 Å². The maximum absolute atomic E-state index is 13.1. The first-order valence-electron chi connectivity index (χ1n) is 8.49. The third-order valence-electron chi connectivity index (χ3n) is 4.84. The first-order chi connectivity index (χ1) is 12.1. The molecule has 4 nitrogen and oxygen atoms in total. The van der Waals surface area contributed by atoms with Crippen LogP contribution in [0.3, 0.4) is 0 Å². The average Bonchev–Trinajstić information content (AvgIpc) is 3.12. The maximum Gasteiger partial charge on any atom is 0.243 e. The lowest BCUT2D eigenvalue weighted by molar-refractivity contribution is 0.397. The summed E-state index contributed by atoms with van der Waals surface area (Å²) in [6.07, 6.45) is 3.49. The molecule has 128 valence electrons. The second kappa shape index (κ2) is 6.24. The normalized spacial score (nSPS) is 18.7. The van der Waals surface area contributed by atoms with Crippen LogP contribution >= 0.6 is 0 Å². The lowest BCUT2D eigenvalue weighted by atomic mass is 10.0. The highest BCUT2D eigenvalue weighted by Crippen LogP contribution is 2.37. The summed E-state index contributed by atoms with van der Waals surface area (Å²) in [6, 6.07) is 16.9. The molecule has 1 saturated heterocycles. The van der Waals surface area contributed by atoms with Gasteiger partial charge in [-0.1, -0.05) is 29.8 Å². The van der Waals surface area contributed by atoms with E-state index in [9.17, 15) is 8.42 Å². The van der Waals surface area contributed by atoms with E-state index in [2.05, 4.69) is 11.1 Å². The summed E-state index contributed by atoms with van der Waals surface area (Å²) in [5.41, 5.74) is 3.02. The van der Waals surface area contributed by atoms with Gasteiger partial charge in [0.25, 0.3) is 0 Å². The minimum atomic E-state index is -3.49. The fourth-order valence-corrected chi connectivity index (χ4v) is 5.19. The number of pyridine rings is 1. The van der Waals surface area contributed by atoms with Gasteiger partial charge in [0.15, 0.2) is 0 Å². The molecule has 0 N–H and O–H groups in total. The minimum Gasteiger partial charge on any atom is -0.256 e. The van der Waals surface area contributed by atoms with E-state index in [4.69, 9.17) is 0 Å². The standard InChI is InChI=1S/C20H20N2O2S/c1-15-6-9-18(10-7-15)25(23,24)22-13-3-5-20(22)17-8-11-19-16(14-17)4-2-12-21-19/h2,4,6-12,14,20H,3,5,13H2,1H3/t20-/m0/s1. The minimum absolute atomic E-state index is 0.115. The van der Waals surface area contributed by atoms with E-state index < -0.39 is 10.0 Å². The second-order valence-electron chi connectivity index (χ2n) is 6.54. The molecule has 1 aliphatic heterocycles. The predicted octanol–water partition coefficient (Wildman–Crippen LogP) is 4.07. The van der Waals surface area contributed by atoms with Crippen molar-refractivity contribution in [3.05, 3.63) is 71.9 Å². The van der Waals surface area contributed by atoms with Crippen LogP contribution in [0, 0.1) is 6.92 Å². The molecule has 4 rings (SSSR count). The number of benzene rings is 2. The molecule has 1 aliphatic rings. The Morgan fingerprint density at radius 2 is 1.88 bits per heavy atom. The average molecular weight is 352 g/mol. The summed E-state index contributed by atoms with van der Waals surface area (Å²) in [6.45, 7) is 2.52. The zero-order valence-corrected chi connectivity index (χ0v) is 14.9. The SMILES string of the molecule is Cc1ccc(S(=O)(=O)N2CCC[C@H]2c2ccc3ncccc3c2)cc1. The second-order valence-corrected chi connectivity index (χ2v) is 8.43. The lowest BCUT2D eigenvalue weighted by Gasteiger charge is -2.24. The smallest absolute Gasteiger partial charge is 0.243 e. The molecule has 0 aliphatic carbocycles. The zero-order chi connectivity index (χ0) is 17.4. The Morgan fingerprint density at radius 1 is 1.08 bits per heavy atom. The monoisotopic (exact) mass is 352 g/mol. The van der Waals surface area contributed by atoms with E-state index in [1.807, 2.05) is 43.3 Å². The topological polar surface area (TPSA) is 50.3 Å². The number of aryl methyl sites for hydroxylation is 1. The summed E-state index contributed by atoms with van der Waals surface area (Å²) in [5, 5.41) is 1.04. The molecule has 1 atom stereocenters. The largest absolute Gasteiger partial charge is 0.256 e. The molecule has 0 radical (unpaired) electrons. The zero-order valence-electron chi connectivity index (χ0n) is 14.1. The third-order valence-corrected chi connectivity index (χ3v) is 6.77. The van der Waals surface area contributed by atoms with Crippen LogP contribution in [0.2, 0.25) is 0 Å². The molecule has 2 aromatic carbocycles. The number of fused-ring (bicyclic) bond motifs is 1. The predicted molar refractivity (Wildman–Crippen MR) is 98.8 cm³/mol. The molecule has 25 heavy (non-hydrogen) atoms. The van der Waals surface area contributed by atoms with Crippen molar-refractivity contribution in [1.29, 1.82) is 0 Å². The number of aromatic nitrogens is 1. The van der Waals surface area contributed by atoms with Gasteiger partial charge in [0, 0.05) is 18.1 Å². The summed E-state index contributed by atoms with van der Waals surface area (Å²) < 4.78 is 27.9. The Bertz CT molecular complexity index is 1010. The Kier molecular flexibility index (Phi) is 4.06. The van der Waals surface area contributed by atoms with Crippen LogP contribution in [0.25, 0.3) is 10.9 Å². The maximum atomic E-state index is 13.1. The highest BCUT2D eigenvalue weighted by molar-refractivity contribution is 7.89. The fraction of sp³-hybridized carbons (Fsp3) is 0.250. The van der Waals surface area contributed by atoms with Crippen molar-refractivity contribution in [2.75, 3.05) is 6.54 Å². The number of hydrogen-bond acceptors (Lipinski definition) is 3. The van der Waals surface area contributed by atoms with Gasteiger partial charge >= 0.3 is 0 Å². The fourth-order valence-electron chi connectivity index (χ4n) is 3.51. The quantitative estimate of drug-likeness (QED) is 0.714. The summed E-state index contributed by atoms with van der Waals surface area (Å²) >= 11 is 0. The van der Waals surface area contributed by atoms with Gasteiger partial charge < -0.3 is 0 Å². The Morgan fingerprint density at radius 3 is 2.68 bits per heavy atom. The first-order valence-corrected chi connectivity index (χ1v) is 9.93. The Labute approximate surface area is 148 Å². The van der Waals surface area contributed by atoms with E-state index in [1.54, 1.807) is 22.6 Å². The van der Waals surface area contributed by atoms with Crippen molar-refractivity contribution in [1.82, 2.24) is 9.29 Å². The summed E-state index contributed by atoms with van der Waals surface area (Å²) in [4.78, 5) is 4.71. The van der Waals surface area contributed by atoms with Crippen molar-refractivity contribution in [3.63, 3.8) is 0 Å². The highest BCUT2D eigenvalue weighted by atomic mass is 32.2. The lowest BCUT2D eigenvalue weighted by Crippen LogP contribution is -2.30. The summed E-state index contributed by atoms with van der Waals surface area (Å²) in [5.74, 6) is 0. The van der Waals surface area contributed by atoms with Gasteiger partial charge in [0.1, 0.15) is 0 Å². The molecule has 5 heteroatoms. The highest BCUT2D eigenvalue weighted by Gasteiger charge is 2.36.